The van der Waals surface area contributed by atoms with E-state index >= 15 is 0 Å². The largest absolute Gasteiger partial charge is 0.307 e. The molecular formula is C14H19NO. The van der Waals surface area contributed by atoms with Crippen molar-refractivity contribution in [3.05, 3.63) is 35.9 Å². The summed E-state index contributed by atoms with van der Waals surface area (Å²) in [6.07, 6.45) is 2.80. The van der Waals surface area contributed by atoms with E-state index in [1.807, 2.05) is 18.2 Å². The predicted octanol–water partition coefficient (Wildman–Crippen LogP) is 2.50. The molecule has 1 aromatic rings. The number of hydrogen-bond acceptors (Lipinski definition) is 2. The lowest BCUT2D eigenvalue weighted by Gasteiger charge is -2.14. The van der Waals surface area contributed by atoms with Crippen molar-refractivity contribution in [2.24, 2.45) is 0 Å². The van der Waals surface area contributed by atoms with E-state index in [0.29, 0.717) is 18.1 Å². The SMILES string of the molecule is C[C@@H](CC(=O)[C@H]1CCCN1)c1ccccc1. The van der Waals surface area contributed by atoms with Gasteiger partial charge in [-0.05, 0) is 30.9 Å². The predicted molar refractivity (Wildman–Crippen MR) is 65.5 cm³/mol. The summed E-state index contributed by atoms with van der Waals surface area (Å²) < 4.78 is 0. The molecule has 0 radical (unpaired) electrons. The highest BCUT2D eigenvalue weighted by Gasteiger charge is 2.23. The van der Waals surface area contributed by atoms with Gasteiger partial charge >= 0.3 is 0 Å². The smallest absolute Gasteiger partial charge is 0.150 e. The minimum absolute atomic E-state index is 0.117. The van der Waals surface area contributed by atoms with Gasteiger partial charge in [-0.15, -0.1) is 0 Å². The Labute approximate surface area is 97.1 Å². The van der Waals surface area contributed by atoms with Crippen LogP contribution in [-0.4, -0.2) is 18.4 Å². The molecular weight excluding hydrogens is 198 g/mol. The second-order valence-electron chi connectivity index (χ2n) is 4.63. The Hall–Kier alpha value is -1.15. The fourth-order valence-electron chi connectivity index (χ4n) is 2.30. The van der Waals surface area contributed by atoms with Crippen LogP contribution in [0.15, 0.2) is 30.3 Å². The minimum atomic E-state index is 0.117. The van der Waals surface area contributed by atoms with E-state index in [1.165, 1.54) is 5.56 Å². The van der Waals surface area contributed by atoms with E-state index in [2.05, 4.69) is 24.4 Å². The summed E-state index contributed by atoms with van der Waals surface area (Å²) in [4.78, 5) is 12.0. The molecule has 86 valence electrons. The van der Waals surface area contributed by atoms with Gasteiger partial charge in [-0.3, -0.25) is 4.79 Å². The molecule has 0 unspecified atom stereocenters. The Morgan fingerprint density at radius 3 is 2.81 bits per heavy atom. The molecule has 1 fully saturated rings. The highest BCUT2D eigenvalue weighted by molar-refractivity contribution is 5.85. The van der Waals surface area contributed by atoms with Crippen LogP contribution in [0.25, 0.3) is 0 Å². The zero-order valence-corrected chi connectivity index (χ0v) is 9.78. The van der Waals surface area contributed by atoms with Gasteiger partial charge in [0, 0.05) is 6.42 Å². The van der Waals surface area contributed by atoms with E-state index in [-0.39, 0.29) is 6.04 Å². The van der Waals surface area contributed by atoms with Crippen LogP contribution in [0.5, 0.6) is 0 Å². The van der Waals surface area contributed by atoms with E-state index in [1.54, 1.807) is 0 Å². The second-order valence-corrected chi connectivity index (χ2v) is 4.63. The zero-order chi connectivity index (χ0) is 11.4. The van der Waals surface area contributed by atoms with Crippen LogP contribution >= 0.6 is 0 Å². The minimum Gasteiger partial charge on any atom is -0.307 e. The molecule has 0 aliphatic carbocycles. The molecule has 2 rings (SSSR count). The summed E-state index contributed by atoms with van der Waals surface area (Å²) in [5, 5.41) is 3.26. The molecule has 0 amide bonds. The number of rotatable bonds is 4. The average Bonchev–Trinajstić information content (AvgIpc) is 2.83. The lowest BCUT2D eigenvalue weighted by Crippen LogP contribution is -2.31. The van der Waals surface area contributed by atoms with Gasteiger partial charge in [0.25, 0.3) is 0 Å². The van der Waals surface area contributed by atoms with Crippen LogP contribution < -0.4 is 5.32 Å². The van der Waals surface area contributed by atoms with E-state index in [0.717, 1.165) is 19.4 Å². The van der Waals surface area contributed by atoms with Crippen LogP contribution in [-0.2, 0) is 4.79 Å². The number of ketones is 1. The van der Waals surface area contributed by atoms with Gasteiger partial charge in [-0.2, -0.15) is 0 Å². The maximum Gasteiger partial charge on any atom is 0.150 e. The fraction of sp³-hybridized carbons (Fsp3) is 0.500. The third kappa shape index (κ3) is 2.70. The van der Waals surface area contributed by atoms with E-state index in [9.17, 15) is 4.79 Å². The van der Waals surface area contributed by atoms with Gasteiger partial charge in [0.05, 0.1) is 6.04 Å². The molecule has 2 nitrogen and oxygen atoms in total. The number of hydrogen-bond donors (Lipinski definition) is 1. The Kier molecular flexibility index (Phi) is 3.73. The lowest BCUT2D eigenvalue weighted by molar-refractivity contribution is -0.121. The molecule has 1 N–H and O–H groups in total. The molecule has 0 bridgehead atoms. The maximum absolute atomic E-state index is 12.0. The van der Waals surface area contributed by atoms with Gasteiger partial charge in [-0.25, -0.2) is 0 Å². The Bertz CT molecular complexity index is 341. The first-order chi connectivity index (χ1) is 7.77. The summed E-state index contributed by atoms with van der Waals surface area (Å²) in [7, 11) is 0. The van der Waals surface area contributed by atoms with Gasteiger partial charge in [0.15, 0.2) is 0 Å². The Balaban J connectivity index is 1.92. The third-order valence-corrected chi connectivity index (χ3v) is 3.32. The quantitative estimate of drug-likeness (QED) is 0.839. The number of benzene rings is 1. The van der Waals surface area contributed by atoms with Gasteiger partial charge < -0.3 is 5.32 Å². The summed E-state index contributed by atoms with van der Waals surface area (Å²) in [6, 6.07) is 10.4. The normalized spacial score (nSPS) is 21.9. The number of Topliss-reactive ketones (excluding diaryl/α,β-unsaturated/α-hetero) is 1. The Morgan fingerprint density at radius 1 is 1.44 bits per heavy atom. The summed E-state index contributed by atoms with van der Waals surface area (Å²) in [5.41, 5.74) is 1.26. The van der Waals surface area contributed by atoms with Crippen molar-refractivity contribution in [3.63, 3.8) is 0 Å². The van der Waals surface area contributed by atoms with Crippen molar-refractivity contribution in [2.75, 3.05) is 6.54 Å². The number of carbonyl (C=O) groups excluding carboxylic acids is 1. The molecule has 1 aliphatic rings. The van der Waals surface area contributed by atoms with Gasteiger partial charge in [0.1, 0.15) is 5.78 Å². The Morgan fingerprint density at radius 2 is 2.19 bits per heavy atom. The van der Waals surface area contributed by atoms with Crippen molar-refractivity contribution in [1.29, 1.82) is 0 Å². The van der Waals surface area contributed by atoms with Crippen LogP contribution in [0.2, 0.25) is 0 Å². The number of carbonyl (C=O) groups is 1. The molecule has 1 aliphatic heterocycles. The first-order valence-electron chi connectivity index (χ1n) is 6.08. The first kappa shape index (κ1) is 11.3. The van der Waals surface area contributed by atoms with Crippen LogP contribution in [0.4, 0.5) is 0 Å². The molecule has 16 heavy (non-hydrogen) atoms. The molecule has 1 heterocycles. The van der Waals surface area contributed by atoms with Crippen molar-refractivity contribution >= 4 is 5.78 Å². The molecule has 1 aromatic carbocycles. The van der Waals surface area contributed by atoms with Gasteiger partial charge in [-0.1, -0.05) is 37.3 Å². The van der Waals surface area contributed by atoms with Gasteiger partial charge in [0.2, 0.25) is 0 Å². The summed E-state index contributed by atoms with van der Waals surface area (Å²) in [6.45, 7) is 3.12. The van der Waals surface area contributed by atoms with Crippen molar-refractivity contribution in [2.45, 2.75) is 38.1 Å². The molecule has 2 atom stereocenters. The highest BCUT2D eigenvalue weighted by atomic mass is 16.1. The van der Waals surface area contributed by atoms with Crippen LogP contribution in [0.1, 0.15) is 37.7 Å². The molecule has 0 saturated carbocycles. The lowest BCUT2D eigenvalue weighted by atomic mass is 9.93. The van der Waals surface area contributed by atoms with Crippen LogP contribution in [0, 0.1) is 0 Å². The highest BCUT2D eigenvalue weighted by Crippen LogP contribution is 2.21. The second kappa shape index (κ2) is 5.26. The fourth-order valence-corrected chi connectivity index (χ4v) is 2.30. The molecule has 0 aromatic heterocycles. The topological polar surface area (TPSA) is 29.1 Å². The third-order valence-electron chi connectivity index (χ3n) is 3.32. The standard InChI is InChI=1S/C14H19NO/c1-11(12-6-3-2-4-7-12)10-14(16)13-8-5-9-15-13/h2-4,6-7,11,13,15H,5,8-10H2,1H3/t11-,13+/m0/s1. The molecule has 0 spiro atoms. The van der Waals surface area contributed by atoms with Crippen LogP contribution in [0.3, 0.4) is 0 Å². The van der Waals surface area contributed by atoms with E-state index < -0.39 is 0 Å². The van der Waals surface area contributed by atoms with Crippen molar-refractivity contribution in [1.82, 2.24) is 5.32 Å². The van der Waals surface area contributed by atoms with Crippen molar-refractivity contribution in [3.8, 4) is 0 Å². The average molecular weight is 217 g/mol. The summed E-state index contributed by atoms with van der Waals surface area (Å²) in [5.74, 6) is 0.699. The zero-order valence-electron chi connectivity index (χ0n) is 9.78. The monoisotopic (exact) mass is 217 g/mol. The molecule has 2 heteroatoms. The first-order valence-corrected chi connectivity index (χ1v) is 6.08. The number of nitrogens with one attached hydrogen (secondary N) is 1. The van der Waals surface area contributed by atoms with E-state index in [4.69, 9.17) is 0 Å². The van der Waals surface area contributed by atoms with Crippen molar-refractivity contribution < 1.29 is 4.79 Å². The summed E-state index contributed by atoms with van der Waals surface area (Å²) >= 11 is 0. The maximum atomic E-state index is 12.0. The molecule has 1 saturated heterocycles.